The van der Waals surface area contributed by atoms with Gasteiger partial charge in [0.05, 0.1) is 0 Å². The Bertz CT molecular complexity index is 357. The second kappa shape index (κ2) is 5.26. The van der Waals surface area contributed by atoms with Crippen molar-refractivity contribution in [2.75, 3.05) is 19.0 Å². The number of carbonyl (C=O) groups excluding carboxylic acids is 2. The van der Waals surface area contributed by atoms with Crippen molar-refractivity contribution in [2.45, 2.75) is 6.92 Å². The van der Waals surface area contributed by atoms with Gasteiger partial charge in [-0.15, -0.1) is 0 Å². The van der Waals surface area contributed by atoms with Crippen LogP contribution in [-0.4, -0.2) is 25.4 Å². The highest BCUT2D eigenvalue weighted by Gasteiger charge is 2.02. The van der Waals surface area contributed by atoms with E-state index in [2.05, 4.69) is 10.1 Å². The van der Waals surface area contributed by atoms with Crippen LogP contribution in [0.25, 0.3) is 0 Å². The van der Waals surface area contributed by atoms with Crippen LogP contribution >= 0.6 is 0 Å². The van der Waals surface area contributed by atoms with Gasteiger partial charge in [0, 0.05) is 18.4 Å². The van der Waals surface area contributed by atoms with E-state index >= 15 is 0 Å². The molecule has 0 heterocycles. The van der Waals surface area contributed by atoms with Gasteiger partial charge in [-0.3, -0.25) is 9.59 Å². The number of ether oxygens (including phenoxy) is 1. The Labute approximate surface area is 88.2 Å². The van der Waals surface area contributed by atoms with Gasteiger partial charge in [0.25, 0.3) is 0 Å². The molecule has 0 aliphatic carbocycles. The maximum Gasteiger partial charge on any atom is 0.250 e. The van der Waals surface area contributed by atoms with E-state index in [0.717, 1.165) is 0 Å². The van der Waals surface area contributed by atoms with Crippen LogP contribution in [0.2, 0.25) is 0 Å². The van der Waals surface area contributed by atoms with E-state index in [0.29, 0.717) is 11.3 Å². The lowest BCUT2D eigenvalue weighted by Crippen LogP contribution is -2.17. The van der Waals surface area contributed by atoms with E-state index in [4.69, 9.17) is 0 Å². The molecular formula is C11H13NO3. The first-order valence-corrected chi connectivity index (χ1v) is 4.53. The quantitative estimate of drug-likeness (QED) is 0.761. The molecule has 0 aromatic heterocycles. The minimum atomic E-state index is -0.215. The maximum absolute atomic E-state index is 11.1. The summed E-state index contributed by atoms with van der Waals surface area (Å²) < 4.78 is 4.67. The predicted molar refractivity (Wildman–Crippen MR) is 57.0 cm³/mol. The van der Waals surface area contributed by atoms with Crippen LogP contribution in [0, 0.1) is 0 Å². The fourth-order valence-corrected chi connectivity index (χ4v) is 1.12. The van der Waals surface area contributed by atoms with Crippen LogP contribution in [0.15, 0.2) is 24.3 Å². The Hall–Kier alpha value is -1.68. The molecule has 15 heavy (non-hydrogen) atoms. The lowest BCUT2D eigenvalue weighted by atomic mass is 10.1. The largest absolute Gasteiger partial charge is 0.375 e. The highest BCUT2D eigenvalue weighted by Crippen LogP contribution is 2.09. The lowest BCUT2D eigenvalue weighted by molar-refractivity contribution is -0.119. The zero-order valence-corrected chi connectivity index (χ0v) is 8.74. The van der Waals surface area contributed by atoms with Crippen molar-refractivity contribution in [3.63, 3.8) is 0 Å². The Kier molecular flexibility index (Phi) is 4.00. The Morgan fingerprint density at radius 3 is 2.33 bits per heavy atom. The van der Waals surface area contributed by atoms with Crippen molar-refractivity contribution >= 4 is 17.4 Å². The molecule has 0 spiro atoms. The first-order chi connectivity index (χ1) is 7.13. The molecule has 0 bridgehead atoms. The fraction of sp³-hybridized carbons (Fsp3) is 0.273. The molecule has 1 rings (SSSR count). The van der Waals surface area contributed by atoms with Crippen LogP contribution in [0.5, 0.6) is 0 Å². The van der Waals surface area contributed by atoms with Gasteiger partial charge in [0.1, 0.15) is 6.61 Å². The van der Waals surface area contributed by atoms with Crippen LogP contribution in [0.3, 0.4) is 0 Å². The second-order valence-corrected chi connectivity index (χ2v) is 3.11. The molecule has 0 aliphatic heterocycles. The molecule has 0 aliphatic rings. The summed E-state index contributed by atoms with van der Waals surface area (Å²) >= 11 is 0. The number of hydrogen-bond donors (Lipinski definition) is 1. The zero-order chi connectivity index (χ0) is 11.3. The molecule has 0 atom stereocenters. The van der Waals surface area contributed by atoms with Gasteiger partial charge in [-0.05, 0) is 31.2 Å². The monoisotopic (exact) mass is 207 g/mol. The van der Waals surface area contributed by atoms with Gasteiger partial charge in [-0.2, -0.15) is 0 Å². The van der Waals surface area contributed by atoms with Gasteiger partial charge in [0.15, 0.2) is 5.78 Å². The number of benzene rings is 1. The van der Waals surface area contributed by atoms with E-state index in [9.17, 15) is 9.59 Å². The number of amides is 1. The number of methoxy groups -OCH3 is 1. The molecule has 0 unspecified atom stereocenters. The van der Waals surface area contributed by atoms with Crippen LogP contribution in [-0.2, 0) is 9.53 Å². The Balaban J connectivity index is 2.64. The van der Waals surface area contributed by atoms with E-state index in [1.165, 1.54) is 14.0 Å². The number of ketones is 1. The summed E-state index contributed by atoms with van der Waals surface area (Å²) in [5.41, 5.74) is 1.28. The summed E-state index contributed by atoms with van der Waals surface area (Å²) in [5.74, 6) is -0.210. The number of rotatable bonds is 4. The summed E-state index contributed by atoms with van der Waals surface area (Å²) in [7, 11) is 1.46. The van der Waals surface area contributed by atoms with Crippen molar-refractivity contribution < 1.29 is 14.3 Å². The minimum Gasteiger partial charge on any atom is -0.375 e. The number of carbonyl (C=O) groups is 2. The normalized spacial score (nSPS) is 9.73. The molecule has 1 N–H and O–H groups in total. The van der Waals surface area contributed by atoms with Crippen LogP contribution < -0.4 is 5.32 Å². The van der Waals surface area contributed by atoms with E-state index < -0.39 is 0 Å². The molecule has 4 heteroatoms. The van der Waals surface area contributed by atoms with Gasteiger partial charge >= 0.3 is 0 Å². The molecule has 0 saturated carbocycles. The van der Waals surface area contributed by atoms with Crippen molar-refractivity contribution in [2.24, 2.45) is 0 Å². The highest BCUT2D eigenvalue weighted by atomic mass is 16.5. The predicted octanol–water partition coefficient (Wildman–Crippen LogP) is 1.47. The molecule has 4 nitrogen and oxygen atoms in total. The van der Waals surface area contributed by atoms with Crippen molar-refractivity contribution in [3.05, 3.63) is 29.8 Å². The minimum absolute atomic E-state index is 0.00441. The van der Waals surface area contributed by atoms with E-state index in [1.54, 1.807) is 24.3 Å². The number of nitrogens with one attached hydrogen (secondary N) is 1. The van der Waals surface area contributed by atoms with Crippen molar-refractivity contribution in [1.29, 1.82) is 0 Å². The first kappa shape index (κ1) is 11.4. The molecule has 0 fully saturated rings. The summed E-state index contributed by atoms with van der Waals surface area (Å²) in [6.07, 6.45) is 0. The van der Waals surface area contributed by atoms with Gasteiger partial charge in [-0.1, -0.05) is 0 Å². The average molecular weight is 207 g/mol. The number of anilines is 1. The summed E-state index contributed by atoms with van der Waals surface area (Å²) in [6.45, 7) is 1.52. The summed E-state index contributed by atoms with van der Waals surface area (Å²) in [6, 6.07) is 6.71. The lowest BCUT2D eigenvalue weighted by Gasteiger charge is -2.04. The number of Topliss-reactive ketones (excluding diaryl/α,β-unsaturated/α-hetero) is 1. The van der Waals surface area contributed by atoms with Gasteiger partial charge < -0.3 is 10.1 Å². The smallest absolute Gasteiger partial charge is 0.250 e. The number of hydrogen-bond acceptors (Lipinski definition) is 3. The zero-order valence-electron chi connectivity index (χ0n) is 8.74. The third-order valence-corrected chi connectivity index (χ3v) is 1.85. The SMILES string of the molecule is COCC(=O)Nc1ccc(C(C)=O)cc1. The Morgan fingerprint density at radius 2 is 1.87 bits per heavy atom. The molecule has 1 amide bonds. The average Bonchev–Trinajstić information content (AvgIpc) is 2.18. The topological polar surface area (TPSA) is 55.4 Å². The molecule has 1 aromatic rings. The van der Waals surface area contributed by atoms with Crippen LogP contribution in [0.1, 0.15) is 17.3 Å². The maximum atomic E-state index is 11.1. The molecular weight excluding hydrogens is 194 g/mol. The third kappa shape index (κ3) is 3.52. The molecule has 1 aromatic carbocycles. The van der Waals surface area contributed by atoms with Gasteiger partial charge in [0.2, 0.25) is 5.91 Å². The summed E-state index contributed by atoms with van der Waals surface area (Å²) in [4.78, 5) is 22.1. The van der Waals surface area contributed by atoms with Crippen LogP contribution in [0.4, 0.5) is 5.69 Å². The van der Waals surface area contributed by atoms with E-state index in [-0.39, 0.29) is 18.3 Å². The standard InChI is InChI=1S/C11H13NO3/c1-8(13)9-3-5-10(6-4-9)12-11(14)7-15-2/h3-6H,7H2,1-2H3,(H,12,14). The Morgan fingerprint density at radius 1 is 1.27 bits per heavy atom. The molecule has 80 valence electrons. The van der Waals surface area contributed by atoms with Gasteiger partial charge in [-0.25, -0.2) is 0 Å². The fourth-order valence-electron chi connectivity index (χ4n) is 1.12. The second-order valence-electron chi connectivity index (χ2n) is 3.11. The van der Waals surface area contributed by atoms with Crippen molar-refractivity contribution in [3.8, 4) is 0 Å². The van der Waals surface area contributed by atoms with Crippen molar-refractivity contribution in [1.82, 2.24) is 0 Å². The molecule has 0 saturated heterocycles. The third-order valence-electron chi connectivity index (χ3n) is 1.85. The highest BCUT2D eigenvalue weighted by molar-refractivity contribution is 5.95. The van der Waals surface area contributed by atoms with E-state index in [1.807, 2.05) is 0 Å². The summed E-state index contributed by atoms with van der Waals surface area (Å²) in [5, 5.41) is 2.63. The molecule has 0 radical (unpaired) electrons. The first-order valence-electron chi connectivity index (χ1n) is 4.53.